The van der Waals surface area contributed by atoms with Gasteiger partial charge in [0.25, 0.3) is 5.91 Å². The topological polar surface area (TPSA) is 66.8 Å². The van der Waals surface area contributed by atoms with Crippen LogP contribution in [0.5, 0.6) is 5.75 Å². The lowest BCUT2D eigenvalue weighted by molar-refractivity contribution is -0.137. The van der Waals surface area contributed by atoms with E-state index >= 15 is 0 Å². The van der Waals surface area contributed by atoms with Gasteiger partial charge in [0, 0.05) is 24.9 Å². The maximum Gasteiger partial charge on any atom is 0.323 e. The van der Waals surface area contributed by atoms with Gasteiger partial charge < -0.3 is 14.7 Å². The predicted molar refractivity (Wildman–Crippen MR) is 133 cm³/mol. The number of carbonyl (C=O) groups is 2. The highest BCUT2D eigenvalue weighted by Crippen LogP contribution is 2.38. The molecular weight excluding hydrogens is 516 g/mol. The lowest BCUT2D eigenvalue weighted by Gasteiger charge is -2.24. The molecule has 1 heterocycles. The number of benzene rings is 3. The van der Waals surface area contributed by atoms with E-state index in [1.807, 2.05) is 6.92 Å². The molecular formula is C26H21Cl3FNO4. The summed E-state index contributed by atoms with van der Waals surface area (Å²) in [6, 6.07) is 14.7. The van der Waals surface area contributed by atoms with Crippen LogP contribution >= 0.6 is 34.8 Å². The van der Waals surface area contributed by atoms with E-state index in [2.05, 4.69) is 0 Å². The Morgan fingerprint density at radius 2 is 1.86 bits per heavy atom. The SMILES string of the molecule is CC1(Cc2ccc(Cl)c(F)c2)Cc2cc(C(=O)N(CC(=O)O)Cc3cccc(Cl)c3Cl)ccc2O1. The number of ether oxygens (including phenoxy) is 1. The second-order valence-corrected chi connectivity index (χ2v) is 9.94. The molecule has 0 spiro atoms. The van der Waals surface area contributed by atoms with Crippen LogP contribution in [0, 0.1) is 5.82 Å². The lowest BCUT2D eigenvalue weighted by atomic mass is 9.91. The summed E-state index contributed by atoms with van der Waals surface area (Å²) in [7, 11) is 0. The van der Waals surface area contributed by atoms with Crippen molar-refractivity contribution in [2.45, 2.75) is 31.9 Å². The van der Waals surface area contributed by atoms with Crippen LogP contribution in [0.1, 0.15) is 34.0 Å². The third-order valence-electron chi connectivity index (χ3n) is 5.80. The van der Waals surface area contributed by atoms with Crippen LogP contribution in [-0.2, 0) is 24.2 Å². The van der Waals surface area contributed by atoms with E-state index < -0.39 is 29.8 Å². The van der Waals surface area contributed by atoms with Crippen LogP contribution < -0.4 is 4.74 Å². The molecule has 35 heavy (non-hydrogen) atoms. The molecule has 4 rings (SSSR count). The highest BCUT2D eigenvalue weighted by Gasteiger charge is 2.36. The molecule has 1 aliphatic rings. The van der Waals surface area contributed by atoms with Gasteiger partial charge in [-0.05, 0) is 60.0 Å². The Morgan fingerprint density at radius 3 is 2.57 bits per heavy atom. The van der Waals surface area contributed by atoms with E-state index in [9.17, 15) is 19.1 Å². The third-order valence-corrected chi connectivity index (χ3v) is 6.96. The monoisotopic (exact) mass is 535 g/mol. The van der Waals surface area contributed by atoms with E-state index in [0.29, 0.717) is 34.7 Å². The van der Waals surface area contributed by atoms with E-state index in [4.69, 9.17) is 39.5 Å². The van der Waals surface area contributed by atoms with Crippen molar-refractivity contribution in [1.29, 1.82) is 0 Å². The van der Waals surface area contributed by atoms with Crippen LogP contribution in [-0.4, -0.2) is 34.0 Å². The van der Waals surface area contributed by atoms with Gasteiger partial charge in [-0.2, -0.15) is 0 Å². The number of amides is 1. The normalized spacial score (nSPS) is 16.5. The molecule has 0 saturated carbocycles. The lowest BCUT2D eigenvalue weighted by Crippen LogP contribution is -2.35. The molecule has 0 aromatic heterocycles. The minimum absolute atomic E-state index is 0.0159. The number of fused-ring (bicyclic) bond motifs is 1. The van der Waals surface area contributed by atoms with E-state index in [-0.39, 0.29) is 16.6 Å². The number of carboxylic acid groups (broad SMARTS) is 1. The van der Waals surface area contributed by atoms with Crippen molar-refractivity contribution in [3.05, 3.63) is 97.7 Å². The van der Waals surface area contributed by atoms with Gasteiger partial charge >= 0.3 is 5.97 Å². The van der Waals surface area contributed by atoms with E-state index in [1.54, 1.807) is 42.5 Å². The first-order valence-corrected chi connectivity index (χ1v) is 11.9. The van der Waals surface area contributed by atoms with Crippen LogP contribution in [0.4, 0.5) is 4.39 Å². The quantitative estimate of drug-likeness (QED) is 0.377. The zero-order chi connectivity index (χ0) is 25.3. The average Bonchev–Trinajstić information content (AvgIpc) is 3.13. The molecule has 0 bridgehead atoms. The Hall–Kier alpha value is -2.80. The summed E-state index contributed by atoms with van der Waals surface area (Å²) >= 11 is 18.1. The van der Waals surface area contributed by atoms with Gasteiger partial charge in [0.05, 0.1) is 15.1 Å². The molecule has 9 heteroatoms. The summed E-state index contributed by atoms with van der Waals surface area (Å²) in [6.45, 7) is 1.39. The molecule has 0 saturated heterocycles. The summed E-state index contributed by atoms with van der Waals surface area (Å²) in [5.74, 6) is -1.47. The van der Waals surface area contributed by atoms with Crippen LogP contribution in [0.25, 0.3) is 0 Å². The first-order valence-electron chi connectivity index (χ1n) is 10.7. The number of aliphatic carboxylic acids is 1. The molecule has 1 N–H and O–H groups in total. The minimum Gasteiger partial charge on any atom is -0.487 e. The van der Waals surface area contributed by atoms with Gasteiger partial charge in [-0.15, -0.1) is 0 Å². The zero-order valence-corrected chi connectivity index (χ0v) is 20.9. The van der Waals surface area contributed by atoms with Crippen molar-refractivity contribution in [2.24, 2.45) is 0 Å². The minimum atomic E-state index is -1.15. The van der Waals surface area contributed by atoms with Crippen molar-refractivity contribution in [2.75, 3.05) is 6.54 Å². The Kier molecular flexibility index (Phi) is 7.27. The summed E-state index contributed by atoms with van der Waals surface area (Å²) in [5, 5.41) is 10.0. The summed E-state index contributed by atoms with van der Waals surface area (Å²) < 4.78 is 20.0. The molecule has 0 fully saturated rings. The van der Waals surface area contributed by atoms with Gasteiger partial charge in [0.2, 0.25) is 0 Å². The highest BCUT2D eigenvalue weighted by molar-refractivity contribution is 6.42. The predicted octanol–water partition coefficient (Wildman–Crippen LogP) is 6.45. The molecule has 3 aromatic rings. The molecule has 182 valence electrons. The maximum absolute atomic E-state index is 13.9. The fourth-order valence-electron chi connectivity index (χ4n) is 4.26. The first-order chi connectivity index (χ1) is 16.5. The second kappa shape index (κ2) is 10.1. The Labute approximate surface area is 217 Å². The van der Waals surface area contributed by atoms with Gasteiger partial charge in [-0.1, -0.05) is 53.0 Å². The fourth-order valence-corrected chi connectivity index (χ4v) is 4.75. The zero-order valence-electron chi connectivity index (χ0n) is 18.7. The molecule has 1 aliphatic heterocycles. The third kappa shape index (κ3) is 5.72. The van der Waals surface area contributed by atoms with E-state index in [1.165, 1.54) is 17.0 Å². The number of rotatable bonds is 7. The molecule has 5 nitrogen and oxygen atoms in total. The number of carboxylic acids is 1. The van der Waals surface area contributed by atoms with Gasteiger partial charge in [-0.25, -0.2) is 4.39 Å². The van der Waals surface area contributed by atoms with Crippen molar-refractivity contribution in [3.8, 4) is 5.75 Å². The Bertz CT molecular complexity index is 1320. The summed E-state index contributed by atoms with van der Waals surface area (Å²) in [5.41, 5.74) is 1.78. The van der Waals surface area contributed by atoms with E-state index in [0.717, 1.165) is 11.1 Å². The molecule has 1 atom stereocenters. The van der Waals surface area contributed by atoms with Crippen molar-refractivity contribution < 1.29 is 23.8 Å². The van der Waals surface area contributed by atoms with Gasteiger partial charge in [0.15, 0.2) is 0 Å². The molecule has 1 unspecified atom stereocenters. The van der Waals surface area contributed by atoms with Crippen molar-refractivity contribution in [1.82, 2.24) is 4.90 Å². The van der Waals surface area contributed by atoms with Crippen LogP contribution in [0.3, 0.4) is 0 Å². The second-order valence-electron chi connectivity index (χ2n) is 8.74. The Morgan fingerprint density at radius 1 is 1.09 bits per heavy atom. The first kappa shape index (κ1) is 25.3. The largest absolute Gasteiger partial charge is 0.487 e. The smallest absolute Gasteiger partial charge is 0.323 e. The number of hydrogen-bond donors (Lipinski definition) is 1. The van der Waals surface area contributed by atoms with Crippen molar-refractivity contribution >= 4 is 46.7 Å². The van der Waals surface area contributed by atoms with Gasteiger partial charge in [-0.3, -0.25) is 9.59 Å². The molecule has 1 amide bonds. The van der Waals surface area contributed by atoms with Crippen LogP contribution in [0.2, 0.25) is 15.1 Å². The number of nitrogens with zero attached hydrogens (tertiary/aromatic N) is 1. The number of carbonyl (C=O) groups excluding carboxylic acids is 1. The number of halogens is 4. The standard InChI is InChI=1S/C26H21Cl3FNO4/c1-26(11-15-5-7-19(27)21(30)9-15)12-18-10-16(6-8-22(18)35-26)25(34)31(14-23(32)33)13-17-3-2-4-20(28)24(17)29/h2-10H,11-14H2,1H3,(H,32,33). The van der Waals surface area contributed by atoms with Crippen molar-refractivity contribution in [3.63, 3.8) is 0 Å². The molecule has 0 radical (unpaired) electrons. The maximum atomic E-state index is 13.9. The summed E-state index contributed by atoms with van der Waals surface area (Å²) in [4.78, 5) is 26.0. The fraction of sp³-hybridized carbons (Fsp3) is 0.231. The van der Waals surface area contributed by atoms with Crippen LogP contribution in [0.15, 0.2) is 54.6 Å². The average molecular weight is 537 g/mol. The summed E-state index contributed by atoms with van der Waals surface area (Å²) in [6.07, 6.45) is 0.935. The highest BCUT2D eigenvalue weighted by atomic mass is 35.5. The van der Waals surface area contributed by atoms with Gasteiger partial charge in [0.1, 0.15) is 23.7 Å². The molecule has 0 aliphatic carbocycles. The Balaban J connectivity index is 1.55. The molecule has 3 aromatic carbocycles. The number of hydrogen-bond acceptors (Lipinski definition) is 3.